The van der Waals surface area contributed by atoms with Gasteiger partial charge in [-0.05, 0) is 25.3 Å². The van der Waals surface area contributed by atoms with E-state index in [2.05, 4.69) is 15.3 Å². The minimum atomic E-state index is -0.851. The molecule has 0 radical (unpaired) electrons. The van der Waals surface area contributed by atoms with Gasteiger partial charge in [0.25, 0.3) is 0 Å². The van der Waals surface area contributed by atoms with Gasteiger partial charge >= 0.3 is 0 Å². The number of hydrogen-bond donors (Lipinski definition) is 1. The molecule has 19 heavy (non-hydrogen) atoms. The highest BCUT2D eigenvalue weighted by molar-refractivity contribution is 8.05. The van der Waals surface area contributed by atoms with Gasteiger partial charge in [-0.1, -0.05) is 17.7 Å². The van der Waals surface area contributed by atoms with Crippen LogP contribution in [0.1, 0.15) is 26.0 Å². The Labute approximate surface area is 122 Å². The molecule has 1 aliphatic rings. The molecule has 0 fully saturated rings. The first kappa shape index (κ1) is 14.3. The molecule has 4 nitrogen and oxygen atoms in total. The first-order chi connectivity index (χ1) is 8.99. The molecule has 0 bridgehead atoms. The van der Waals surface area contributed by atoms with Gasteiger partial charge in [0.05, 0.1) is 12.1 Å². The van der Waals surface area contributed by atoms with E-state index in [-0.39, 0.29) is 18.2 Å². The molecular formula is C13H16ClN3OS. The van der Waals surface area contributed by atoms with E-state index >= 15 is 0 Å². The average Bonchev–Trinajstić information content (AvgIpc) is 2.77. The average molecular weight is 298 g/mol. The zero-order chi connectivity index (χ0) is 13.9. The highest BCUT2D eigenvalue weighted by atomic mass is 35.5. The van der Waals surface area contributed by atoms with E-state index < -0.39 is 4.21 Å². The number of anilines is 1. The standard InChI is InChI=1S/C13H16ClN3OS/c1-9(2)16-12-15-6-4-10(17-12)8-11(18)13(14)5-3-7-19-13/h3-4,6-7,9H,5,8H2,1-2H3,(H,15,16,17). The number of alkyl halides is 1. The zero-order valence-corrected chi connectivity index (χ0v) is 12.5. The summed E-state index contributed by atoms with van der Waals surface area (Å²) in [5.74, 6) is 0.527. The van der Waals surface area contributed by atoms with Crippen molar-refractivity contribution >= 4 is 35.1 Å². The minimum absolute atomic E-state index is 0.0154. The second kappa shape index (κ2) is 5.92. The van der Waals surface area contributed by atoms with Gasteiger partial charge in [0.15, 0.2) is 9.99 Å². The summed E-state index contributed by atoms with van der Waals surface area (Å²) in [6.45, 7) is 4.02. The normalized spacial score (nSPS) is 21.9. The molecule has 1 unspecified atom stereocenters. The highest BCUT2D eigenvalue weighted by Gasteiger charge is 2.37. The monoisotopic (exact) mass is 297 g/mol. The van der Waals surface area contributed by atoms with Crippen LogP contribution in [-0.4, -0.2) is 26.0 Å². The summed E-state index contributed by atoms with van der Waals surface area (Å²) in [5.41, 5.74) is 0.690. The molecule has 1 aromatic rings. The van der Waals surface area contributed by atoms with Gasteiger partial charge in [-0.15, -0.1) is 11.8 Å². The number of carbonyl (C=O) groups is 1. The largest absolute Gasteiger partial charge is 0.352 e. The number of thioether (sulfide) groups is 1. The number of aromatic nitrogens is 2. The van der Waals surface area contributed by atoms with Crippen molar-refractivity contribution in [3.05, 3.63) is 29.4 Å². The molecule has 1 aromatic heterocycles. The van der Waals surface area contributed by atoms with Gasteiger partial charge in [-0.2, -0.15) is 0 Å². The Morgan fingerprint density at radius 3 is 3.05 bits per heavy atom. The van der Waals surface area contributed by atoms with Crippen molar-refractivity contribution in [2.75, 3.05) is 5.32 Å². The second-order valence-electron chi connectivity index (χ2n) is 4.69. The van der Waals surface area contributed by atoms with Crippen LogP contribution in [0.3, 0.4) is 0 Å². The van der Waals surface area contributed by atoms with Crippen LogP contribution in [0.2, 0.25) is 0 Å². The summed E-state index contributed by atoms with van der Waals surface area (Å²) in [6, 6.07) is 2.00. The Morgan fingerprint density at radius 2 is 2.42 bits per heavy atom. The van der Waals surface area contributed by atoms with Crippen LogP contribution in [0.4, 0.5) is 5.95 Å². The summed E-state index contributed by atoms with van der Waals surface area (Å²) >= 11 is 7.65. The van der Waals surface area contributed by atoms with Crippen molar-refractivity contribution in [2.24, 2.45) is 0 Å². The van der Waals surface area contributed by atoms with Crippen molar-refractivity contribution in [3.8, 4) is 0 Å². The predicted octanol–water partition coefficient (Wildman–Crippen LogP) is 2.99. The predicted molar refractivity (Wildman–Crippen MR) is 79.4 cm³/mol. The number of rotatable bonds is 5. The first-order valence-electron chi connectivity index (χ1n) is 6.13. The zero-order valence-electron chi connectivity index (χ0n) is 10.9. The fourth-order valence-electron chi connectivity index (χ4n) is 1.70. The summed E-state index contributed by atoms with van der Waals surface area (Å²) in [5, 5.41) is 4.99. The SMILES string of the molecule is CC(C)Nc1nccc(CC(=O)C2(Cl)CC=CS2)n1. The fourth-order valence-corrected chi connectivity index (χ4v) is 2.82. The third-order valence-electron chi connectivity index (χ3n) is 2.62. The lowest BCUT2D eigenvalue weighted by atomic mass is 10.1. The molecular weight excluding hydrogens is 282 g/mol. The highest BCUT2D eigenvalue weighted by Crippen LogP contribution is 2.41. The molecule has 0 aromatic carbocycles. The number of halogens is 1. The Hall–Kier alpha value is -1.07. The summed E-state index contributed by atoms with van der Waals surface area (Å²) in [6.07, 6.45) is 4.37. The maximum atomic E-state index is 12.2. The van der Waals surface area contributed by atoms with E-state index in [1.54, 1.807) is 12.3 Å². The van der Waals surface area contributed by atoms with E-state index in [4.69, 9.17) is 11.6 Å². The fraction of sp³-hybridized carbons (Fsp3) is 0.462. The number of nitrogens with zero attached hydrogens (tertiary/aromatic N) is 2. The molecule has 0 saturated heterocycles. The van der Waals surface area contributed by atoms with Gasteiger partial charge in [0.1, 0.15) is 0 Å². The Morgan fingerprint density at radius 1 is 1.63 bits per heavy atom. The second-order valence-corrected chi connectivity index (χ2v) is 6.77. The number of Topliss-reactive ketones (excluding diaryl/α,β-unsaturated/α-hetero) is 1. The summed E-state index contributed by atoms with van der Waals surface area (Å²) in [7, 11) is 0. The summed E-state index contributed by atoms with van der Waals surface area (Å²) < 4.78 is -0.851. The smallest absolute Gasteiger partial charge is 0.223 e. The molecule has 6 heteroatoms. The van der Waals surface area contributed by atoms with Crippen LogP contribution in [0.15, 0.2) is 23.7 Å². The molecule has 102 valence electrons. The molecule has 0 spiro atoms. The molecule has 1 aliphatic heterocycles. The minimum Gasteiger partial charge on any atom is -0.352 e. The molecule has 0 saturated carbocycles. The lowest BCUT2D eigenvalue weighted by molar-refractivity contribution is -0.118. The third kappa shape index (κ3) is 3.70. The molecule has 2 rings (SSSR count). The van der Waals surface area contributed by atoms with Crippen LogP contribution < -0.4 is 5.32 Å². The lowest BCUT2D eigenvalue weighted by Crippen LogP contribution is -2.28. The number of hydrogen-bond acceptors (Lipinski definition) is 5. The number of carbonyl (C=O) groups excluding carboxylic acids is 1. The molecule has 1 N–H and O–H groups in total. The van der Waals surface area contributed by atoms with Crippen LogP contribution in [0, 0.1) is 0 Å². The van der Waals surface area contributed by atoms with Crippen molar-refractivity contribution in [1.82, 2.24) is 9.97 Å². The molecule has 2 heterocycles. The van der Waals surface area contributed by atoms with Crippen molar-refractivity contribution in [1.29, 1.82) is 0 Å². The van der Waals surface area contributed by atoms with Crippen LogP contribution in [0.25, 0.3) is 0 Å². The van der Waals surface area contributed by atoms with Gasteiger partial charge < -0.3 is 5.32 Å². The maximum absolute atomic E-state index is 12.2. The Bertz CT molecular complexity index is 496. The number of nitrogens with one attached hydrogen (secondary N) is 1. The number of allylic oxidation sites excluding steroid dienone is 1. The van der Waals surface area contributed by atoms with Crippen molar-refractivity contribution < 1.29 is 4.79 Å². The van der Waals surface area contributed by atoms with E-state index in [9.17, 15) is 4.79 Å². The van der Waals surface area contributed by atoms with Gasteiger partial charge in [-0.25, -0.2) is 9.97 Å². The molecule has 0 aliphatic carbocycles. The Kier molecular flexibility index (Phi) is 4.47. The van der Waals surface area contributed by atoms with Crippen LogP contribution in [0.5, 0.6) is 0 Å². The quantitative estimate of drug-likeness (QED) is 0.847. The Balaban J connectivity index is 2.04. The van der Waals surface area contributed by atoms with E-state index in [1.165, 1.54) is 11.8 Å². The van der Waals surface area contributed by atoms with Gasteiger partial charge in [0.2, 0.25) is 5.95 Å². The first-order valence-corrected chi connectivity index (χ1v) is 7.39. The van der Waals surface area contributed by atoms with Crippen molar-refractivity contribution in [3.63, 3.8) is 0 Å². The van der Waals surface area contributed by atoms with Crippen molar-refractivity contribution in [2.45, 2.75) is 36.9 Å². The topological polar surface area (TPSA) is 54.9 Å². The van der Waals surface area contributed by atoms with Gasteiger partial charge in [0, 0.05) is 18.7 Å². The van der Waals surface area contributed by atoms with E-state index in [0.29, 0.717) is 18.1 Å². The van der Waals surface area contributed by atoms with E-state index in [1.807, 2.05) is 25.3 Å². The molecule has 1 atom stereocenters. The van der Waals surface area contributed by atoms with E-state index in [0.717, 1.165) is 0 Å². The number of ketones is 1. The maximum Gasteiger partial charge on any atom is 0.223 e. The van der Waals surface area contributed by atoms with Crippen LogP contribution in [-0.2, 0) is 11.2 Å². The molecule has 0 amide bonds. The third-order valence-corrected chi connectivity index (χ3v) is 4.35. The van der Waals surface area contributed by atoms with Gasteiger partial charge in [-0.3, -0.25) is 4.79 Å². The van der Waals surface area contributed by atoms with Crippen LogP contribution >= 0.6 is 23.4 Å². The lowest BCUT2D eigenvalue weighted by Gasteiger charge is -2.18. The summed E-state index contributed by atoms with van der Waals surface area (Å²) in [4.78, 5) is 20.6.